The second kappa shape index (κ2) is 5.66. The molecule has 0 saturated heterocycles. The van der Waals surface area contributed by atoms with Crippen LogP contribution in [-0.2, 0) is 4.79 Å². The zero-order valence-corrected chi connectivity index (χ0v) is 10.0. The van der Waals surface area contributed by atoms with Gasteiger partial charge in [-0.2, -0.15) is 0 Å². The average molecular weight is 221 g/mol. The number of hydrogen-bond acceptors (Lipinski definition) is 2. The summed E-state index contributed by atoms with van der Waals surface area (Å²) in [6, 6.07) is 7.50. The molecule has 0 fully saturated rings. The summed E-state index contributed by atoms with van der Waals surface area (Å²) in [7, 11) is 0. The molecule has 1 amide bonds. The summed E-state index contributed by atoms with van der Waals surface area (Å²) in [5.74, 6) is -0.358. The summed E-state index contributed by atoms with van der Waals surface area (Å²) in [6.45, 7) is 5.80. The molecule has 0 spiro atoms. The van der Waals surface area contributed by atoms with Gasteiger partial charge in [-0.05, 0) is 25.0 Å². The quantitative estimate of drug-likeness (QED) is 0.820. The van der Waals surface area contributed by atoms with Gasteiger partial charge in [-0.15, -0.1) is 0 Å². The lowest BCUT2D eigenvalue weighted by molar-refractivity contribution is -0.126. The molecule has 3 nitrogen and oxygen atoms in total. The number of aryl methyl sites for hydroxylation is 1. The highest BCUT2D eigenvalue weighted by atomic mass is 16.3. The molecule has 0 aliphatic heterocycles. The average Bonchev–Trinajstić information content (AvgIpc) is 2.30. The third-order valence-corrected chi connectivity index (χ3v) is 2.77. The number of nitrogens with one attached hydrogen (secondary N) is 1. The first-order valence-electron chi connectivity index (χ1n) is 5.60. The maximum atomic E-state index is 11.6. The summed E-state index contributed by atoms with van der Waals surface area (Å²) in [5, 5.41) is 12.4. The van der Waals surface area contributed by atoms with Crippen LogP contribution in [0.5, 0.6) is 0 Å². The van der Waals surface area contributed by atoms with Crippen LogP contribution in [0.25, 0.3) is 0 Å². The lowest BCUT2D eigenvalue weighted by atomic mass is 10.0. The number of rotatable bonds is 4. The summed E-state index contributed by atoms with van der Waals surface area (Å²) < 4.78 is 0. The van der Waals surface area contributed by atoms with E-state index < -0.39 is 6.10 Å². The van der Waals surface area contributed by atoms with Crippen LogP contribution < -0.4 is 5.32 Å². The fraction of sp³-hybridized carbons (Fsp3) is 0.462. The number of hydrogen-bond donors (Lipinski definition) is 2. The maximum Gasteiger partial charge on any atom is 0.253 e. The lowest BCUT2D eigenvalue weighted by Crippen LogP contribution is -2.32. The molecule has 0 radical (unpaired) electrons. The zero-order chi connectivity index (χ0) is 12.1. The van der Waals surface area contributed by atoms with E-state index in [0.29, 0.717) is 0 Å². The number of aliphatic hydroxyl groups excluding tert-OH is 1. The molecule has 16 heavy (non-hydrogen) atoms. The number of amides is 1. The minimum Gasteiger partial charge on any atom is -0.383 e. The summed E-state index contributed by atoms with van der Waals surface area (Å²) in [5.41, 5.74) is 1.86. The van der Waals surface area contributed by atoms with Crippen molar-refractivity contribution >= 4 is 11.6 Å². The van der Waals surface area contributed by atoms with Crippen molar-refractivity contribution in [3.63, 3.8) is 0 Å². The zero-order valence-electron chi connectivity index (χ0n) is 10.0. The molecule has 0 saturated carbocycles. The van der Waals surface area contributed by atoms with Crippen LogP contribution in [0.1, 0.15) is 25.8 Å². The monoisotopic (exact) mass is 221 g/mol. The van der Waals surface area contributed by atoms with Crippen LogP contribution in [0, 0.1) is 12.8 Å². The molecule has 2 atom stereocenters. The second-order valence-electron chi connectivity index (χ2n) is 4.19. The third kappa shape index (κ3) is 3.35. The van der Waals surface area contributed by atoms with Gasteiger partial charge in [0.1, 0.15) is 6.10 Å². The maximum absolute atomic E-state index is 11.6. The number of carbonyl (C=O) groups excluding carboxylic acids is 1. The lowest BCUT2D eigenvalue weighted by Gasteiger charge is -2.16. The highest BCUT2D eigenvalue weighted by molar-refractivity contribution is 5.94. The predicted molar refractivity (Wildman–Crippen MR) is 65.3 cm³/mol. The van der Waals surface area contributed by atoms with Crippen LogP contribution in [-0.4, -0.2) is 17.1 Å². The Balaban J connectivity index is 2.60. The summed E-state index contributed by atoms with van der Waals surface area (Å²) in [6.07, 6.45) is -0.158. The molecule has 0 aliphatic rings. The summed E-state index contributed by atoms with van der Waals surface area (Å²) in [4.78, 5) is 11.6. The van der Waals surface area contributed by atoms with Gasteiger partial charge in [-0.1, -0.05) is 38.0 Å². The molecular formula is C13H19NO2. The van der Waals surface area contributed by atoms with Gasteiger partial charge in [-0.3, -0.25) is 4.79 Å². The highest BCUT2D eigenvalue weighted by Crippen LogP contribution is 2.12. The molecule has 3 heteroatoms. The smallest absolute Gasteiger partial charge is 0.253 e. The van der Waals surface area contributed by atoms with Crippen molar-refractivity contribution in [1.82, 2.24) is 0 Å². The van der Waals surface area contributed by atoms with E-state index >= 15 is 0 Å². The molecule has 1 rings (SSSR count). The Morgan fingerprint density at radius 2 is 1.94 bits per heavy atom. The van der Waals surface area contributed by atoms with Gasteiger partial charge >= 0.3 is 0 Å². The first-order chi connectivity index (χ1) is 7.54. The first kappa shape index (κ1) is 12.7. The van der Waals surface area contributed by atoms with Crippen molar-refractivity contribution in [1.29, 1.82) is 0 Å². The van der Waals surface area contributed by atoms with Crippen molar-refractivity contribution in [3.05, 3.63) is 29.8 Å². The Labute approximate surface area is 96.5 Å². The minimum absolute atomic E-state index is 0.0227. The Bertz CT molecular complexity index is 345. The fourth-order valence-electron chi connectivity index (χ4n) is 1.33. The van der Waals surface area contributed by atoms with Gasteiger partial charge in [0.05, 0.1) is 0 Å². The molecule has 1 aromatic rings. The van der Waals surface area contributed by atoms with Crippen LogP contribution in [0.15, 0.2) is 24.3 Å². The molecule has 0 aliphatic carbocycles. The van der Waals surface area contributed by atoms with E-state index in [0.717, 1.165) is 17.7 Å². The van der Waals surface area contributed by atoms with Crippen LogP contribution >= 0.6 is 0 Å². The number of aliphatic hydroxyl groups is 1. The predicted octanol–water partition coefficient (Wildman–Crippen LogP) is 2.34. The fourth-order valence-corrected chi connectivity index (χ4v) is 1.33. The van der Waals surface area contributed by atoms with E-state index in [2.05, 4.69) is 5.32 Å². The number of carbonyl (C=O) groups is 1. The van der Waals surface area contributed by atoms with Crippen molar-refractivity contribution in [2.75, 3.05) is 5.32 Å². The van der Waals surface area contributed by atoms with E-state index in [4.69, 9.17) is 0 Å². The van der Waals surface area contributed by atoms with Crippen molar-refractivity contribution < 1.29 is 9.90 Å². The standard InChI is InChI=1S/C13H19NO2/c1-4-10(3)12(15)13(16)14-11-7-5-9(2)6-8-11/h5-8,10,12,15H,4H2,1-3H3,(H,14,16)/t10-,12+/m0/s1. The highest BCUT2D eigenvalue weighted by Gasteiger charge is 2.20. The molecule has 0 unspecified atom stereocenters. The van der Waals surface area contributed by atoms with Crippen molar-refractivity contribution in [2.24, 2.45) is 5.92 Å². The molecule has 2 N–H and O–H groups in total. The Hall–Kier alpha value is -1.35. The van der Waals surface area contributed by atoms with Gasteiger partial charge in [0.2, 0.25) is 0 Å². The topological polar surface area (TPSA) is 49.3 Å². The van der Waals surface area contributed by atoms with Gasteiger partial charge in [0.15, 0.2) is 0 Å². The van der Waals surface area contributed by atoms with Gasteiger partial charge in [0, 0.05) is 5.69 Å². The SMILES string of the molecule is CC[C@H](C)[C@@H](O)C(=O)Nc1ccc(C)cc1. The Morgan fingerprint density at radius 3 is 2.44 bits per heavy atom. The largest absolute Gasteiger partial charge is 0.383 e. The number of anilines is 1. The molecule has 88 valence electrons. The van der Waals surface area contributed by atoms with Gasteiger partial charge in [-0.25, -0.2) is 0 Å². The van der Waals surface area contributed by atoms with Crippen LogP contribution in [0.2, 0.25) is 0 Å². The van der Waals surface area contributed by atoms with E-state index in [-0.39, 0.29) is 11.8 Å². The second-order valence-corrected chi connectivity index (χ2v) is 4.19. The first-order valence-corrected chi connectivity index (χ1v) is 5.60. The van der Waals surface area contributed by atoms with Gasteiger partial charge < -0.3 is 10.4 Å². The third-order valence-electron chi connectivity index (χ3n) is 2.77. The van der Waals surface area contributed by atoms with Crippen LogP contribution in [0.4, 0.5) is 5.69 Å². The molecule has 0 heterocycles. The van der Waals surface area contributed by atoms with Crippen molar-refractivity contribution in [3.8, 4) is 0 Å². The minimum atomic E-state index is -0.939. The molecule has 1 aromatic carbocycles. The normalized spacial score (nSPS) is 14.2. The van der Waals surface area contributed by atoms with E-state index in [1.807, 2.05) is 45.0 Å². The molecule has 0 aromatic heterocycles. The van der Waals surface area contributed by atoms with Gasteiger partial charge in [0.25, 0.3) is 5.91 Å². The molecular weight excluding hydrogens is 202 g/mol. The summed E-state index contributed by atoms with van der Waals surface area (Å²) >= 11 is 0. The van der Waals surface area contributed by atoms with E-state index in [1.165, 1.54) is 0 Å². The number of benzene rings is 1. The van der Waals surface area contributed by atoms with Crippen molar-refractivity contribution in [2.45, 2.75) is 33.3 Å². The Kier molecular flexibility index (Phi) is 4.50. The Morgan fingerprint density at radius 1 is 1.38 bits per heavy atom. The van der Waals surface area contributed by atoms with E-state index in [1.54, 1.807) is 0 Å². The van der Waals surface area contributed by atoms with E-state index in [9.17, 15) is 9.90 Å². The molecule has 0 bridgehead atoms. The van der Waals surface area contributed by atoms with Crippen LogP contribution in [0.3, 0.4) is 0 Å².